The summed E-state index contributed by atoms with van der Waals surface area (Å²) in [6, 6.07) is 4.68. The van der Waals surface area contributed by atoms with Crippen molar-refractivity contribution in [2.45, 2.75) is 19.8 Å². The number of rotatable bonds is 3. The fourth-order valence-corrected chi connectivity index (χ4v) is 2.65. The van der Waals surface area contributed by atoms with E-state index in [2.05, 4.69) is 5.32 Å². The van der Waals surface area contributed by atoms with Gasteiger partial charge in [-0.1, -0.05) is 12.1 Å². The van der Waals surface area contributed by atoms with E-state index < -0.39 is 5.97 Å². The normalized spacial score (nSPS) is 18.4. The Bertz CT molecular complexity index is 544. The molecule has 3 N–H and O–H groups in total. The van der Waals surface area contributed by atoms with E-state index in [1.807, 2.05) is 0 Å². The Balaban J connectivity index is 2.13. The molecule has 1 atom stereocenters. The Morgan fingerprint density at radius 3 is 2.86 bits per heavy atom. The number of carbonyl (C=O) groups is 2. The molecule has 2 amide bonds. The van der Waals surface area contributed by atoms with Crippen LogP contribution in [0, 0.1) is 12.8 Å². The van der Waals surface area contributed by atoms with E-state index in [1.165, 1.54) is 0 Å². The Kier molecular flexibility index (Phi) is 4.80. The summed E-state index contributed by atoms with van der Waals surface area (Å²) in [5, 5.41) is 21.1. The highest BCUT2D eigenvalue weighted by molar-refractivity contribution is 6.01. The quantitative estimate of drug-likeness (QED) is 0.794. The first-order chi connectivity index (χ1) is 10.0. The van der Waals surface area contributed by atoms with Crippen molar-refractivity contribution in [3.05, 3.63) is 29.3 Å². The number of aliphatic hydroxyl groups is 1. The minimum Gasteiger partial charge on any atom is -0.478 e. The molecule has 1 fully saturated rings. The summed E-state index contributed by atoms with van der Waals surface area (Å²) in [6.45, 7) is 2.88. The third-order valence-electron chi connectivity index (χ3n) is 3.79. The molecule has 1 heterocycles. The summed E-state index contributed by atoms with van der Waals surface area (Å²) in [6.07, 6.45) is 1.75. The van der Waals surface area contributed by atoms with Gasteiger partial charge in [0.05, 0.1) is 11.3 Å². The third-order valence-corrected chi connectivity index (χ3v) is 3.79. The summed E-state index contributed by atoms with van der Waals surface area (Å²) in [4.78, 5) is 25.2. The second-order valence-electron chi connectivity index (χ2n) is 5.37. The SMILES string of the molecule is Cc1cccc(NC(=O)N2CCCC(CO)C2)c1C(=O)O. The Labute approximate surface area is 123 Å². The van der Waals surface area contributed by atoms with Crippen molar-refractivity contribution in [1.29, 1.82) is 0 Å². The highest BCUT2D eigenvalue weighted by Crippen LogP contribution is 2.21. The molecule has 1 aromatic rings. The maximum absolute atomic E-state index is 12.3. The standard InChI is InChI=1S/C15H20N2O4/c1-10-4-2-6-12(13(10)14(19)20)16-15(21)17-7-3-5-11(8-17)9-18/h2,4,6,11,18H,3,5,7-9H2,1H3,(H,16,21)(H,19,20). The largest absolute Gasteiger partial charge is 0.478 e. The monoisotopic (exact) mass is 292 g/mol. The van der Waals surface area contributed by atoms with Crippen LogP contribution in [-0.4, -0.2) is 46.8 Å². The molecular formula is C15H20N2O4. The molecule has 0 aromatic heterocycles. The van der Waals surface area contributed by atoms with Gasteiger partial charge in [0.25, 0.3) is 0 Å². The number of benzene rings is 1. The molecule has 1 aliphatic rings. The van der Waals surface area contributed by atoms with Gasteiger partial charge in [-0.3, -0.25) is 0 Å². The number of aromatic carboxylic acids is 1. The van der Waals surface area contributed by atoms with Gasteiger partial charge >= 0.3 is 12.0 Å². The predicted octanol–water partition coefficient (Wildman–Crippen LogP) is 1.93. The van der Waals surface area contributed by atoms with Crippen LogP contribution in [0.15, 0.2) is 18.2 Å². The fourth-order valence-electron chi connectivity index (χ4n) is 2.65. The maximum atomic E-state index is 12.3. The minimum absolute atomic E-state index is 0.0641. The molecule has 6 nitrogen and oxygen atoms in total. The molecule has 0 saturated carbocycles. The molecular weight excluding hydrogens is 272 g/mol. The summed E-state index contributed by atoms with van der Waals surface area (Å²) in [5.41, 5.74) is 1.02. The summed E-state index contributed by atoms with van der Waals surface area (Å²) in [5.74, 6) is -0.962. The average Bonchev–Trinajstić information content (AvgIpc) is 2.47. The number of nitrogens with zero attached hydrogens (tertiary/aromatic N) is 1. The number of amides is 2. The second kappa shape index (κ2) is 6.58. The van der Waals surface area contributed by atoms with E-state index in [4.69, 9.17) is 0 Å². The lowest BCUT2D eigenvalue weighted by molar-refractivity contribution is 0.0697. The van der Waals surface area contributed by atoms with E-state index in [-0.39, 0.29) is 24.1 Å². The molecule has 1 saturated heterocycles. The number of aryl methyl sites for hydroxylation is 1. The molecule has 2 rings (SSSR count). The van der Waals surface area contributed by atoms with Gasteiger partial charge in [0, 0.05) is 19.7 Å². The van der Waals surface area contributed by atoms with Crippen molar-refractivity contribution in [2.75, 3.05) is 25.0 Å². The molecule has 6 heteroatoms. The Hall–Kier alpha value is -2.08. The number of hydrogen-bond donors (Lipinski definition) is 3. The van der Waals surface area contributed by atoms with Crippen LogP contribution in [0.4, 0.5) is 10.5 Å². The zero-order chi connectivity index (χ0) is 15.4. The van der Waals surface area contributed by atoms with Gasteiger partial charge in [-0.15, -0.1) is 0 Å². The van der Waals surface area contributed by atoms with Crippen LogP contribution in [0.5, 0.6) is 0 Å². The third kappa shape index (κ3) is 3.52. The molecule has 0 aliphatic carbocycles. The number of carboxylic acids is 1. The van der Waals surface area contributed by atoms with Crippen LogP contribution in [0.3, 0.4) is 0 Å². The smallest absolute Gasteiger partial charge is 0.338 e. The number of likely N-dealkylation sites (tertiary alicyclic amines) is 1. The van der Waals surface area contributed by atoms with Crippen LogP contribution < -0.4 is 5.32 Å². The average molecular weight is 292 g/mol. The van der Waals surface area contributed by atoms with Crippen molar-refractivity contribution < 1.29 is 19.8 Å². The lowest BCUT2D eigenvalue weighted by atomic mass is 9.99. The van der Waals surface area contributed by atoms with Crippen molar-refractivity contribution in [2.24, 2.45) is 5.92 Å². The van der Waals surface area contributed by atoms with Crippen LogP contribution in [0.1, 0.15) is 28.8 Å². The first kappa shape index (κ1) is 15.3. The minimum atomic E-state index is -1.06. The lowest BCUT2D eigenvalue weighted by Gasteiger charge is -2.32. The zero-order valence-electron chi connectivity index (χ0n) is 12.0. The number of carbonyl (C=O) groups excluding carboxylic acids is 1. The summed E-state index contributed by atoms with van der Waals surface area (Å²) >= 11 is 0. The number of carboxylic acid groups (broad SMARTS) is 1. The molecule has 1 unspecified atom stereocenters. The zero-order valence-corrected chi connectivity index (χ0v) is 12.0. The van der Waals surface area contributed by atoms with Gasteiger partial charge in [-0.05, 0) is 37.3 Å². The number of aliphatic hydroxyl groups excluding tert-OH is 1. The number of anilines is 1. The molecule has 21 heavy (non-hydrogen) atoms. The van der Waals surface area contributed by atoms with E-state index in [9.17, 15) is 19.8 Å². The topological polar surface area (TPSA) is 89.9 Å². The molecule has 0 bridgehead atoms. The highest BCUT2D eigenvalue weighted by atomic mass is 16.4. The van der Waals surface area contributed by atoms with E-state index >= 15 is 0 Å². The molecule has 1 aromatic carbocycles. The number of nitrogens with one attached hydrogen (secondary N) is 1. The van der Waals surface area contributed by atoms with Gasteiger partial charge in [0.1, 0.15) is 0 Å². The number of hydrogen-bond acceptors (Lipinski definition) is 3. The molecule has 0 radical (unpaired) electrons. The van der Waals surface area contributed by atoms with Crippen molar-refractivity contribution in [3.63, 3.8) is 0 Å². The second-order valence-corrected chi connectivity index (χ2v) is 5.37. The van der Waals surface area contributed by atoms with Crippen molar-refractivity contribution >= 4 is 17.7 Å². The first-order valence-electron chi connectivity index (χ1n) is 7.02. The van der Waals surface area contributed by atoms with Gasteiger partial charge in [0.15, 0.2) is 0 Å². The van der Waals surface area contributed by atoms with Crippen LogP contribution in [0.25, 0.3) is 0 Å². The van der Waals surface area contributed by atoms with Crippen molar-refractivity contribution in [1.82, 2.24) is 4.90 Å². The summed E-state index contributed by atoms with van der Waals surface area (Å²) in [7, 11) is 0. The number of urea groups is 1. The Morgan fingerprint density at radius 2 is 2.19 bits per heavy atom. The highest BCUT2D eigenvalue weighted by Gasteiger charge is 2.24. The van der Waals surface area contributed by atoms with Crippen LogP contribution >= 0.6 is 0 Å². The maximum Gasteiger partial charge on any atom is 0.338 e. The first-order valence-corrected chi connectivity index (χ1v) is 7.02. The van der Waals surface area contributed by atoms with Gasteiger partial charge in [-0.2, -0.15) is 0 Å². The molecule has 114 valence electrons. The predicted molar refractivity (Wildman–Crippen MR) is 78.5 cm³/mol. The van der Waals surface area contributed by atoms with Crippen LogP contribution in [-0.2, 0) is 0 Å². The van der Waals surface area contributed by atoms with E-state index in [0.29, 0.717) is 24.3 Å². The van der Waals surface area contributed by atoms with Gasteiger partial charge in [0.2, 0.25) is 0 Å². The Morgan fingerprint density at radius 1 is 1.43 bits per heavy atom. The summed E-state index contributed by atoms with van der Waals surface area (Å²) < 4.78 is 0. The van der Waals surface area contributed by atoms with E-state index in [1.54, 1.807) is 30.0 Å². The van der Waals surface area contributed by atoms with Gasteiger partial charge in [-0.25, -0.2) is 9.59 Å². The lowest BCUT2D eigenvalue weighted by Crippen LogP contribution is -2.43. The molecule has 0 spiro atoms. The van der Waals surface area contributed by atoms with Crippen molar-refractivity contribution in [3.8, 4) is 0 Å². The fraction of sp³-hybridized carbons (Fsp3) is 0.467. The van der Waals surface area contributed by atoms with E-state index in [0.717, 1.165) is 12.8 Å². The number of piperidine rings is 1. The van der Waals surface area contributed by atoms with Gasteiger partial charge < -0.3 is 20.4 Å². The van der Waals surface area contributed by atoms with Crippen LogP contribution in [0.2, 0.25) is 0 Å². The molecule has 1 aliphatic heterocycles.